The summed E-state index contributed by atoms with van der Waals surface area (Å²) < 4.78 is 53.9. The van der Waals surface area contributed by atoms with Crippen LogP contribution in [0, 0.1) is 6.92 Å². The van der Waals surface area contributed by atoms with Crippen LogP contribution >= 0.6 is 0 Å². The Morgan fingerprint density at radius 2 is 1.65 bits per heavy atom. The summed E-state index contributed by atoms with van der Waals surface area (Å²) in [6.45, 7) is 10.6. The fourth-order valence-corrected chi connectivity index (χ4v) is 6.17. The average molecular weight is 675 g/mol. The van der Waals surface area contributed by atoms with Crippen molar-refractivity contribution in [2.24, 2.45) is 0 Å². The van der Waals surface area contributed by atoms with E-state index in [1.165, 1.54) is 0 Å². The number of aromatic nitrogens is 2. The Morgan fingerprint density at radius 1 is 0.896 bits per heavy atom. The SMILES string of the molecule is Cc1ccc(-c2c(NS(=O)(=O)c3ccc(C(C)(C)C)cc3)nc(NCCOC3CCCCO3)nc2OCCOCc2ccccc2)cc1. The van der Waals surface area contributed by atoms with Crippen molar-refractivity contribution in [1.29, 1.82) is 0 Å². The molecular weight excluding hydrogens is 628 g/mol. The number of nitrogens with zero attached hydrogens (tertiary/aromatic N) is 2. The Labute approximate surface area is 284 Å². The lowest BCUT2D eigenvalue weighted by molar-refractivity contribution is -0.159. The summed E-state index contributed by atoms with van der Waals surface area (Å²) in [4.78, 5) is 9.47. The van der Waals surface area contributed by atoms with Crippen LogP contribution in [0.2, 0.25) is 0 Å². The summed E-state index contributed by atoms with van der Waals surface area (Å²) in [5, 5.41) is 3.18. The third-order valence-corrected chi connectivity index (χ3v) is 9.24. The normalized spacial score (nSPS) is 15.2. The van der Waals surface area contributed by atoms with Crippen molar-refractivity contribution in [3.8, 4) is 17.0 Å². The van der Waals surface area contributed by atoms with E-state index in [4.69, 9.17) is 23.9 Å². The van der Waals surface area contributed by atoms with Crippen LogP contribution in [-0.4, -0.2) is 57.6 Å². The Bertz CT molecular complexity index is 1700. The van der Waals surface area contributed by atoms with Crippen LogP contribution < -0.4 is 14.8 Å². The van der Waals surface area contributed by atoms with Gasteiger partial charge in [0.25, 0.3) is 10.0 Å². The molecule has 3 aromatic carbocycles. The Balaban J connectivity index is 1.42. The summed E-state index contributed by atoms with van der Waals surface area (Å²) in [6.07, 6.45) is 2.74. The minimum Gasteiger partial charge on any atom is -0.475 e. The molecule has 1 unspecified atom stereocenters. The van der Waals surface area contributed by atoms with E-state index in [-0.39, 0.29) is 40.9 Å². The standard InChI is InChI=1S/C37H46N4O6S/c1-27-13-15-29(16-14-27)33-34(41-48(42,43)31-19-17-30(18-20-31)37(2,3)4)39-36(38-21-23-46-32-12-8-9-22-45-32)40-35(33)47-25-24-44-26-28-10-6-5-7-11-28/h5-7,10-11,13-20,32H,8-9,12,21-26H2,1-4H3,(H2,38,39,40,41). The van der Waals surface area contributed by atoms with Crippen LogP contribution in [0.4, 0.5) is 11.8 Å². The van der Waals surface area contributed by atoms with Gasteiger partial charge in [-0.25, -0.2) is 8.42 Å². The fourth-order valence-electron chi connectivity index (χ4n) is 5.16. The zero-order valence-electron chi connectivity index (χ0n) is 28.2. The molecule has 2 heterocycles. The molecule has 256 valence electrons. The number of hydrogen-bond acceptors (Lipinski definition) is 9. The van der Waals surface area contributed by atoms with Gasteiger partial charge in [0, 0.05) is 13.2 Å². The van der Waals surface area contributed by atoms with Gasteiger partial charge in [-0.15, -0.1) is 0 Å². The van der Waals surface area contributed by atoms with E-state index in [1.807, 2.05) is 73.7 Å². The highest BCUT2D eigenvalue weighted by molar-refractivity contribution is 7.92. The van der Waals surface area contributed by atoms with Crippen LogP contribution in [0.25, 0.3) is 11.1 Å². The molecule has 1 fully saturated rings. The number of nitrogens with one attached hydrogen (secondary N) is 2. The molecule has 4 aromatic rings. The molecule has 0 aliphatic carbocycles. The smallest absolute Gasteiger partial charge is 0.263 e. The molecular formula is C37H46N4O6S. The predicted octanol–water partition coefficient (Wildman–Crippen LogP) is 7.10. The highest BCUT2D eigenvalue weighted by Crippen LogP contribution is 2.37. The van der Waals surface area contributed by atoms with Crippen LogP contribution in [0.5, 0.6) is 5.88 Å². The number of ether oxygens (including phenoxy) is 4. The molecule has 2 N–H and O–H groups in total. The summed E-state index contributed by atoms with van der Waals surface area (Å²) in [7, 11) is -4.04. The Hall–Kier alpha value is -4.03. The molecule has 0 bridgehead atoms. The molecule has 1 atom stereocenters. The highest BCUT2D eigenvalue weighted by Gasteiger charge is 2.24. The quantitative estimate of drug-likeness (QED) is 0.127. The van der Waals surface area contributed by atoms with E-state index >= 15 is 0 Å². The van der Waals surface area contributed by atoms with Gasteiger partial charge < -0.3 is 24.3 Å². The molecule has 5 rings (SSSR count). The summed E-state index contributed by atoms with van der Waals surface area (Å²) >= 11 is 0. The molecule has 48 heavy (non-hydrogen) atoms. The molecule has 0 spiro atoms. The van der Waals surface area contributed by atoms with Gasteiger partial charge in [-0.05, 0) is 60.4 Å². The summed E-state index contributed by atoms with van der Waals surface area (Å²) in [5.74, 6) is 0.505. The van der Waals surface area contributed by atoms with Gasteiger partial charge in [0.05, 0.1) is 30.3 Å². The second-order valence-corrected chi connectivity index (χ2v) is 14.5. The number of benzene rings is 3. The Morgan fingerprint density at radius 3 is 2.33 bits per heavy atom. The first-order valence-corrected chi connectivity index (χ1v) is 17.9. The van der Waals surface area contributed by atoms with Crippen molar-refractivity contribution in [2.45, 2.75) is 70.2 Å². The molecule has 1 aliphatic rings. The van der Waals surface area contributed by atoms with Gasteiger partial charge in [-0.1, -0.05) is 93.1 Å². The maximum absolute atomic E-state index is 13.8. The van der Waals surface area contributed by atoms with Gasteiger partial charge in [-0.2, -0.15) is 9.97 Å². The minimum absolute atomic E-state index is 0.0907. The lowest BCUT2D eigenvalue weighted by Gasteiger charge is -2.22. The van der Waals surface area contributed by atoms with Crippen molar-refractivity contribution in [2.75, 3.05) is 43.0 Å². The summed E-state index contributed by atoms with van der Waals surface area (Å²) in [5.41, 5.74) is 4.14. The number of rotatable bonds is 15. The minimum atomic E-state index is -4.04. The molecule has 1 aliphatic heterocycles. The molecule has 1 saturated heterocycles. The summed E-state index contributed by atoms with van der Waals surface area (Å²) in [6, 6.07) is 24.5. The maximum atomic E-state index is 13.8. The zero-order valence-corrected chi connectivity index (χ0v) is 29.0. The van der Waals surface area contributed by atoms with E-state index in [2.05, 4.69) is 35.8 Å². The maximum Gasteiger partial charge on any atom is 0.263 e. The molecule has 10 nitrogen and oxygen atoms in total. The van der Waals surface area contributed by atoms with Gasteiger partial charge in [0.1, 0.15) is 6.61 Å². The number of aryl methyl sites for hydroxylation is 1. The van der Waals surface area contributed by atoms with Crippen LogP contribution in [0.1, 0.15) is 56.7 Å². The fraction of sp³-hybridized carbons (Fsp3) is 0.405. The lowest BCUT2D eigenvalue weighted by atomic mass is 9.87. The van der Waals surface area contributed by atoms with E-state index in [9.17, 15) is 8.42 Å². The van der Waals surface area contributed by atoms with Crippen molar-refractivity contribution in [3.63, 3.8) is 0 Å². The molecule has 0 radical (unpaired) electrons. The van der Waals surface area contributed by atoms with E-state index in [1.54, 1.807) is 12.1 Å². The number of anilines is 2. The monoisotopic (exact) mass is 674 g/mol. The first kappa shape index (κ1) is 35.3. The van der Waals surface area contributed by atoms with Crippen molar-refractivity contribution < 1.29 is 27.4 Å². The Kier molecular flexibility index (Phi) is 12.0. The van der Waals surface area contributed by atoms with Gasteiger partial charge in [0.2, 0.25) is 11.8 Å². The highest BCUT2D eigenvalue weighted by atomic mass is 32.2. The van der Waals surface area contributed by atoms with Crippen LogP contribution in [-0.2, 0) is 36.3 Å². The van der Waals surface area contributed by atoms with Crippen molar-refractivity contribution in [3.05, 3.63) is 95.6 Å². The van der Waals surface area contributed by atoms with Crippen LogP contribution in [0.15, 0.2) is 83.8 Å². The number of sulfonamides is 1. The van der Waals surface area contributed by atoms with Crippen molar-refractivity contribution in [1.82, 2.24) is 9.97 Å². The first-order valence-electron chi connectivity index (χ1n) is 16.4. The first-order chi connectivity index (χ1) is 23.1. The third kappa shape index (κ3) is 9.99. The molecule has 0 saturated carbocycles. The van der Waals surface area contributed by atoms with Gasteiger partial charge in [-0.3, -0.25) is 4.72 Å². The molecule has 0 amide bonds. The van der Waals surface area contributed by atoms with E-state index in [0.717, 1.165) is 36.0 Å². The van der Waals surface area contributed by atoms with Crippen molar-refractivity contribution >= 4 is 21.8 Å². The van der Waals surface area contributed by atoms with E-state index < -0.39 is 10.0 Å². The topological polar surface area (TPSA) is 121 Å². The molecule has 11 heteroatoms. The second kappa shape index (κ2) is 16.4. The second-order valence-electron chi connectivity index (χ2n) is 12.8. The van der Waals surface area contributed by atoms with E-state index in [0.29, 0.717) is 44.1 Å². The predicted molar refractivity (Wildman–Crippen MR) is 188 cm³/mol. The van der Waals surface area contributed by atoms with Gasteiger partial charge >= 0.3 is 0 Å². The third-order valence-electron chi connectivity index (χ3n) is 7.88. The number of hydrogen-bond donors (Lipinski definition) is 2. The lowest BCUT2D eigenvalue weighted by Crippen LogP contribution is -2.25. The zero-order chi connectivity index (χ0) is 34.0. The average Bonchev–Trinajstić information content (AvgIpc) is 3.07. The van der Waals surface area contributed by atoms with Crippen LogP contribution in [0.3, 0.4) is 0 Å². The van der Waals surface area contributed by atoms with Gasteiger partial charge in [0.15, 0.2) is 12.1 Å². The largest absolute Gasteiger partial charge is 0.475 e. The molecule has 1 aromatic heterocycles.